The summed E-state index contributed by atoms with van der Waals surface area (Å²) >= 11 is 0. The van der Waals surface area contributed by atoms with Gasteiger partial charge in [-0.2, -0.15) is 5.10 Å². The Hall–Kier alpha value is -1.62. The van der Waals surface area contributed by atoms with Gasteiger partial charge in [0.25, 0.3) is 0 Å². The van der Waals surface area contributed by atoms with Crippen molar-refractivity contribution in [2.24, 2.45) is 0 Å². The molecule has 1 fully saturated rings. The van der Waals surface area contributed by atoms with E-state index in [1.165, 1.54) is 12.8 Å². The predicted molar refractivity (Wildman–Crippen MR) is 66.9 cm³/mol. The van der Waals surface area contributed by atoms with E-state index >= 15 is 0 Å². The van der Waals surface area contributed by atoms with Crippen molar-refractivity contribution in [3.63, 3.8) is 0 Å². The molecule has 0 aromatic carbocycles. The van der Waals surface area contributed by atoms with Crippen LogP contribution in [0.4, 0.5) is 0 Å². The zero-order chi connectivity index (χ0) is 12.4. The van der Waals surface area contributed by atoms with E-state index in [1.54, 1.807) is 0 Å². The van der Waals surface area contributed by atoms with Crippen molar-refractivity contribution in [1.82, 2.24) is 19.8 Å². The van der Waals surface area contributed by atoms with Crippen molar-refractivity contribution in [2.75, 3.05) is 6.54 Å². The Kier molecular flexibility index (Phi) is 3.15. The molecule has 18 heavy (non-hydrogen) atoms. The number of hydrogen-bond acceptors (Lipinski definition) is 4. The molecule has 0 unspecified atom stereocenters. The third-order valence-electron chi connectivity index (χ3n) is 3.50. The molecule has 1 saturated heterocycles. The molecule has 3 heterocycles. The zero-order valence-corrected chi connectivity index (χ0v) is 10.6. The molecule has 5 heteroatoms. The molecule has 2 aromatic heterocycles. The van der Waals surface area contributed by atoms with Gasteiger partial charge in [-0.05, 0) is 32.4 Å². The molecule has 3 rings (SSSR count). The smallest absolute Gasteiger partial charge is 0.133 e. The van der Waals surface area contributed by atoms with Gasteiger partial charge < -0.3 is 4.52 Å². The zero-order valence-electron chi connectivity index (χ0n) is 10.6. The summed E-state index contributed by atoms with van der Waals surface area (Å²) in [6.07, 6.45) is 6.34. The second kappa shape index (κ2) is 4.94. The summed E-state index contributed by atoms with van der Waals surface area (Å²) in [7, 11) is 0. The highest BCUT2D eigenvalue weighted by molar-refractivity contribution is 5.04. The van der Waals surface area contributed by atoms with Gasteiger partial charge in [0.1, 0.15) is 5.76 Å². The first-order valence-corrected chi connectivity index (χ1v) is 6.45. The molecule has 0 saturated carbocycles. The van der Waals surface area contributed by atoms with Gasteiger partial charge in [-0.3, -0.25) is 9.58 Å². The molecule has 1 aliphatic heterocycles. The Morgan fingerprint density at radius 1 is 1.50 bits per heavy atom. The Labute approximate surface area is 106 Å². The van der Waals surface area contributed by atoms with Crippen molar-refractivity contribution in [2.45, 2.75) is 38.9 Å². The first-order valence-electron chi connectivity index (χ1n) is 6.45. The molecule has 0 radical (unpaired) electrons. The maximum atomic E-state index is 5.12. The van der Waals surface area contributed by atoms with E-state index in [4.69, 9.17) is 4.52 Å². The fourth-order valence-corrected chi connectivity index (χ4v) is 2.63. The summed E-state index contributed by atoms with van der Waals surface area (Å²) in [5.74, 6) is 0.882. The number of nitrogens with zero attached hydrogens (tertiary/aromatic N) is 4. The van der Waals surface area contributed by atoms with E-state index in [-0.39, 0.29) is 0 Å². The van der Waals surface area contributed by atoms with Crippen molar-refractivity contribution >= 4 is 0 Å². The first-order chi connectivity index (χ1) is 8.81. The average Bonchev–Trinajstić information content (AvgIpc) is 3.05. The van der Waals surface area contributed by atoms with Gasteiger partial charge in [0.2, 0.25) is 0 Å². The highest BCUT2D eigenvalue weighted by Crippen LogP contribution is 2.21. The lowest BCUT2D eigenvalue weighted by atomic mass is 10.2. The van der Waals surface area contributed by atoms with Crippen LogP contribution in [0.15, 0.2) is 29.0 Å². The Morgan fingerprint density at radius 3 is 3.17 bits per heavy atom. The second-order valence-electron chi connectivity index (χ2n) is 4.92. The van der Waals surface area contributed by atoms with Gasteiger partial charge in [-0.1, -0.05) is 5.16 Å². The maximum Gasteiger partial charge on any atom is 0.133 e. The molecule has 0 aliphatic carbocycles. The quantitative estimate of drug-likeness (QED) is 0.826. The van der Waals surface area contributed by atoms with Crippen LogP contribution in [-0.4, -0.2) is 32.4 Å². The van der Waals surface area contributed by atoms with Crippen LogP contribution in [0.1, 0.15) is 24.3 Å². The highest BCUT2D eigenvalue weighted by Gasteiger charge is 2.25. The molecule has 5 nitrogen and oxygen atoms in total. The lowest BCUT2D eigenvalue weighted by Gasteiger charge is -2.23. The van der Waals surface area contributed by atoms with Crippen LogP contribution in [0.2, 0.25) is 0 Å². The molecule has 0 spiro atoms. The molecule has 1 atom stereocenters. The second-order valence-corrected chi connectivity index (χ2v) is 4.92. The van der Waals surface area contributed by atoms with Gasteiger partial charge in [-0.25, -0.2) is 0 Å². The molecule has 0 N–H and O–H groups in total. The number of likely N-dealkylation sites (tertiary alicyclic amines) is 1. The third kappa shape index (κ3) is 2.46. The minimum absolute atomic E-state index is 0.557. The summed E-state index contributed by atoms with van der Waals surface area (Å²) < 4.78 is 7.13. The first kappa shape index (κ1) is 11.5. The minimum atomic E-state index is 0.557. The van der Waals surface area contributed by atoms with Crippen LogP contribution in [-0.2, 0) is 13.1 Å². The van der Waals surface area contributed by atoms with E-state index in [1.807, 2.05) is 36.1 Å². The summed E-state index contributed by atoms with van der Waals surface area (Å²) in [5, 5.41) is 8.35. The van der Waals surface area contributed by atoms with Gasteiger partial charge in [-0.15, -0.1) is 0 Å². The number of rotatable bonds is 4. The monoisotopic (exact) mass is 246 g/mol. The van der Waals surface area contributed by atoms with Crippen LogP contribution < -0.4 is 0 Å². The van der Waals surface area contributed by atoms with Crippen LogP contribution in [0.25, 0.3) is 0 Å². The molecule has 1 aliphatic rings. The SMILES string of the molecule is Cc1cc(CN2CCC[C@H]2Cn2cccn2)no1. The summed E-state index contributed by atoms with van der Waals surface area (Å²) in [6.45, 7) is 4.91. The van der Waals surface area contributed by atoms with E-state index < -0.39 is 0 Å². The fraction of sp³-hybridized carbons (Fsp3) is 0.538. The lowest BCUT2D eigenvalue weighted by Crippen LogP contribution is -2.32. The van der Waals surface area contributed by atoms with Gasteiger partial charge in [0, 0.05) is 31.0 Å². The van der Waals surface area contributed by atoms with Crippen LogP contribution in [0.5, 0.6) is 0 Å². The Morgan fingerprint density at radius 2 is 2.44 bits per heavy atom. The molecule has 96 valence electrons. The van der Waals surface area contributed by atoms with Gasteiger partial charge >= 0.3 is 0 Å². The van der Waals surface area contributed by atoms with Crippen molar-refractivity contribution < 1.29 is 4.52 Å². The number of aryl methyl sites for hydroxylation is 1. The van der Waals surface area contributed by atoms with Crippen LogP contribution in [0.3, 0.4) is 0 Å². The molecular formula is C13H18N4O. The van der Waals surface area contributed by atoms with Crippen molar-refractivity contribution in [3.8, 4) is 0 Å². The van der Waals surface area contributed by atoms with E-state index in [0.717, 1.165) is 31.1 Å². The third-order valence-corrected chi connectivity index (χ3v) is 3.50. The number of aromatic nitrogens is 3. The fourth-order valence-electron chi connectivity index (χ4n) is 2.63. The largest absolute Gasteiger partial charge is 0.361 e. The van der Waals surface area contributed by atoms with Crippen molar-refractivity contribution in [3.05, 3.63) is 36.0 Å². The van der Waals surface area contributed by atoms with Gasteiger partial charge in [0.05, 0.1) is 12.2 Å². The van der Waals surface area contributed by atoms with Crippen LogP contribution >= 0.6 is 0 Å². The Bertz CT molecular complexity index is 491. The topological polar surface area (TPSA) is 47.1 Å². The van der Waals surface area contributed by atoms with Gasteiger partial charge in [0.15, 0.2) is 0 Å². The Balaban J connectivity index is 1.64. The average molecular weight is 246 g/mol. The standard InChI is InChI=1S/C13H18N4O/c1-11-8-12(15-18-11)9-16-6-2-4-13(16)10-17-7-3-5-14-17/h3,5,7-8,13H,2,4,6,9-10H2,1H3/t13-/m0/s1. The minimum Gasteiger partial charge on any atom is -0.361 e. The molecule has 2 aromatic rings. The van der Waals surface area contributed by atoms with Crippen molar-refractivity contribution in [1.29, 1.82) is 0 Å². The molecule has 0 amide bonds. The van der Waals surface area contributed by atoms with E-state index in [0.29, 0.717) is 6.04 Å². The number of hydrogen-bond donors (Lipinski definition) is 0. The highest BCUT2D eigenvalue weighted by atomic mass is 16.5. The summed E-state index contributed by atoms with van der Waals surface area (Å²) in [4.78, 5) is 2.47. The predicted octanol–water partition coefficient (Wildman–Crippen LogP) is 1.84. The molecular weight excluding hydrogens is 228 g/mol. The maximum absolute atomic E-state index is 5.12. The van der Waals surface area contributed by atoms with E-state index in [2.05, 4.69) is 15.2 Å². The lowest BCUT2D eigenvalue weighted by molar-refractivity contribution is 0.213. The van der Waals surface area contributed by atoms with E-state index in [9.17, 15) is 0 Å². The normalized spacial score (nSPS) is 20.6. The molecule has 0 bridgehead atoms. The summed E-state index contributed by atoms with van der Waals surface area (Å²) in [6, 6.07) is 4.55. The van der Waals surface area contributed by atoms with Crippen LogP contribution in [0, 0.1) is 6.92 Å². The summed E-state index contributed by atoms with van der Waals surface area (Å²) in [5.41, 5.74) is 1.03.